The number of fused-ring (bicyclic) bond motifs is 1. The number of hydrogen-bond acceptors (Lipinski definition) is 2. The Labute approximate surface area is 149 Å². The van der Waals surface area contributed by atoms with Crippen molar-refractivity contribution in [2.75, 3.05) is 6.61 Å². The first-order valence-electron chi connectivity index (χ1n) is 7.97. The average Bonchev–Trinajstić information content (AvgIpc) is 2.52. The maximum atomic E-state index is 13.0. The fourth-order valence-electron chi connectivity index (χ4n) is 2.82. The van der Waals surface area contributed by atoms with E-state index >= 15 is 0 Å². The van der Waals surface area contributed by atoms with Gasteiger partial charge in [-0.15, -0.1) is 0 Å². The Balaban J connectivity index is 2.21. The summed E-state index contributed by atoms with van der Waals surface area (Å²) >= 11 is -0.0878. The Morgan fingerprint density at radius 3 is 2.24 bits per heavy atom. The molecule has 0 saturated carbocycles. The molecule has 0 fully saturated rings. The molecular weight excluding hydrogens is 345 g/mol. The number of hydrogen-bond donors (Lipinski definition) is 0. The molecule has 2 aromatic carbocycles. The van der Waals surface area contributed by atoms with Gasteiger partial charge in [-0.3, -0.25) is 0 Å². The minimum Gasteiger partial charge on any atom is -0.488 e. The summed E-state index contributed by atoms with van der Waals surface area (Å²) in [6, 6.07) is 15.0. The molecule has 25 heavy (non-hydrogen) atoms. The lowest BCUT2D eigenvalue weighted by Crippen LogP contribution is -2.16. The van der Waals surface area contributed by atoms with Gasteiger partial charge in [0.05, 0.1) is 0 Å². The van der Waals surface area contributed by atoms with Crippen LogP contribution in [0.15, 0.2) is 53.4 Å². The SMILES string of the molecule is CC(C)(C)c1ccc2c(c1)C(c1ccccc1)=C(SC(F)(F)F)CO2. The summed E-state index contributed by atoms with van der Waals surface area (Å²) in [7, 11) is 0. The van der Waals surface area contributed by atoms with Crippen molar-refractivity contribution < 1.29 is 17.9 Å². The molecule has 1 aliphatic heterocycles. The first-order chi connectivity index (χ1) is 11.6. The zero-order chi connectivity index (χ0) is 18.2. The molecule has 0 unspecified atom stereocenters. The third-order valence-corrected chi connectivity index (χ3v) is 4.85. The van der Waals surface area contributed by atoms with E-state index in [1.165, 1.54) is 0 Å². The van der Waals surface area contributed by atoms with Crippen LogP contribution in [0.5, 0.6) is 5.75 Å². The predicted octanol–water partition coefficient (Wildman–Crippen LogP) is 6.39. The number of thioether (sulfide) groups is 1. The maximum Gasteiger partial charge on any atom is 0.446 e. The Kier molecular flexibility index (Phi) is 4.62. The standard InChI is InChI=1S/C20H19F3OS/c1-19(2,3)14-9-10-16-15(11-14)18(13-7-5-4-6-8-13)17(12-24-16)25-20(21,22)23/h4-11H,12H2,1-3H3. The van der Waals surface area contributed by atoms with Crippen molar-refractivity contribution in [2.24, 2.45) is 0 Å². The fraction of sp³-hybridized carbons (Fsp3) is 0.300. The highest BCUT2D eigenvalue weighted by atomic mass is 32.2. The molecule has 0 N–H and O–H groups in total. The summed E-state index contributed by atoms with van der Waals surface area (Å²) in [4.78, 5) is 0.192. The van der Waals surface area contributed by atoms with E-state index in [0.717, 1.165) is 16.7 Å². The highest BCUT2D eigenvalue weighted by molar-refractivity contribution is 8.04. The van der Waals surface area contributed by atoms with Gasteiger partial charge in [0.15, 0.2) is 0 Å². The lowest BCUT2D eigenvalue weighted by molar-refractivity contribution is -0.0323. The van der Waals surface area contributed by atoms with Gasteiger partial charge < -0.3 is 4.74 Å². The molecule has 5 heteroatoms. The van der Waals surface area contributed by atoms with E-state index < -0.39 is 5.51 Å². The Bertz CT molecular complexity index is 802. The van der Waals surface area contributed by atoms with Gasteiger partial charge in [0.25, 0.3) is 0 Å². The summed E-state index contributed by atoms with van der Waals surface area (Å²) in [5.41, 5.74) is -1.30. The second kappa shape index (κ2) is 6.45. The van der Waals surface area contributed by atoms with Crippen molar-refractivity contribution in [1.82, 2.24) is 0 Å². The summed E-state index contributed by atoms with van der Waals surface area (Å²) in [6.07, 6.45) is 0. The van der Waals surface area contributed by atoms with Crippen LogP contribution in [0.1, 0.15) is 37.5 Å². The van der Waals surface area contributed by atoms with Crippen LogP contribution in [0.3, 0.4) is 0 Å². The van der Waals surface area contributed by atoms with Gasteiger partial charge >= 0.3 is 5.51 Å². The molecule has 0 bridgehead atoms. The largest absolute Gasteiger partial charge is 0.488 e. The molecule has 1 nitrogen and oxygen atoms in total. The van der Waals surface area contributed by atoms with Crippen LogP contribution in [0.25, 0.3) is 5.57 Å². The highest BCUT2D eigenvalue weighted by Crippen LogP contribution is 2.47. The van der Waals surface area contributed by atoms with E-state index in [1.54, 1.807) is 0 Å². The number of ether oxygens (including phenoxy) is 1. The third-order valence-electron chi connectivity index (χ3n) is 4.05. The first-order valence-corrected chi connectivity index (χ1v) is 8.79. The van der Waals surface area contributed by atoms with Crippen LogP contribution in [-0.2, 0) is 5.41 Å². The summed E-state index contributed by atoms with van der Waals surface area (Å²) in [5, 5.41) is 0. The zero-order valence-corrected chi connectivity index (χ0v) is 15.1. The van der Waals surface area contributed by atoms with Crippen molar-refractivity contribution >= 4 is 17.3 Å². The van der Waals surface area contributed by atoms with Crippen LogP contribution in [0.4, 0.5) is 13.2 Å². The van der Waals surface area contributed by atoms with Gasteiger partial charge in [0.2, 0.25) is 0 Å². The molecular formula is C20H19F3OS. The number of halogens is 3. The molecule has 132 valence electrons. The van der Waals surface area contributed by atoms with Gasteiger partial charge in [-0.1, -0.05) is 57.2 Å². The molecule has 0 aromatic heterocycles. The molecule has 3 rings (SSSR count). The molecule has 0 saturated heterocycles. The summed E-state index contributed by atoms with van der Waals surface area (Å²) in [5.74, 6) is 0.623. The molecule has 1 aliphatic rings. The van der Waals surface area contributed by atoms with Crippen LogP contribution in [-0.4, -0.2) is 12.1 Å². The third kappa shape index (κ3) is 4.03. The van der Waals surface area contributed by atoms with Crippen molar-refractivity contribution in [3.8, 4) is 5.75 Å². The molecule has 1 heterocycles. The quantitative estimate of drug-likeness (QED) is 0.611. The van der Waals surface area contributed by atoms with Crippen LogP contribution in [0.2, 0.25) is 0 Å². The minimum absolute atomic E-state index is 0.0731. The van der Waals surface area contributed by atoms with E-state index in [-0.39, 0.29) is 28.7 Å². The molecule has 0 atom stereocenters. The summed E-state index contributed by atoms with van der Waals surface area (Å²) in [6.45, 7) is 6.16. The molecule has 2 aromatic rings. The van der Waals surface area contributed by atoms with Crippen LogP contribution < -0.4 is 4.74 Å². The van der Waals surface area contributed by atoms with Crippen LogP contribution >= 0.6 is 11.8 Å². The van der Waals surface area contributed by atoms with E-state index in [4.69, 9.17) is 4.74 Å². The van der Waals surface area contributed by atoms with Crippen LogP contribution in [0, 0.1) is 0 Å². The number of alkyl halides is 3. The number of rotatable bonds is 2. The predicted molar refractivity (Wildman–Crippen MR) is 96.7 cm³/mol. The lowest BCUT2D eigenvalue weighted by Gasteiger charge is -2.27. The second-order valence-corrected chi connectivity index (χ2v) is 8.12. The van der Waals surface area contributed by atoms with Crippen molar-refractivity contribution in [3.63, 3.8) is 0 Å². The normalized spacial score (nSPS) is 15.0. The zero-order valence-electron chi connectivity index (χ0n) is 14.3. The lowest BCUT2D eigenvalue weighted by atomic mass is 9.84. The van der Waals surface area contributed by atoms with E-state index in [2.05, 4.69) is 20.8 Å². The molecule has 0 radical (unpaired) electrons. The van der Waals surface area contributed by atoms with Gasteiger partial charge in [-0.2, -0.15) is 13.2 Å². The summed E-state index contributed by atoms with van der Waals surface area (Å²) < 4.78 is 44.8. The smallest absolute Gasteiger partial charge is 0.446 e. The van der Waals surface area contributed by atoms with Gasteiger partial charge in [0, 0.05) is 16.0 Å². The van der Waals surface area contributed by atoms with E-state index in [0.29, 0.717) is 11.3 Å². The highest BCUT2D eigenvalue weighted by Gasteiger charge is 2.34. The molecule has 0 aliphatic carbocycles. The topological polar surface area (TPSA) is 9.23 Å². The minimum atomic E-state index is -4.35. The fourth-order valence-corrected chi connectivity index (χ4v) is 3.55. The van der Waals surface area contributed by atoms with E-state index in [1.807, 2.05) is 48.5 Å². The van der Waals surface area contributed by atoms with Gasteiger partial charge in [0.1, 0.15) is 12.4 Å². The van der Waals surface area contributed by atoms with Crippen molar-refractivity contribution in [1.29, 1.82) is 0 Å². The Morgan fingerprint density at radius 2 is 1.64 bits per heavy atom. The van der Waals surface area contributed by atoms with Crippen molar-refractivity contribution in [2.45, 2.75) is 31.7 Å². The second-order valence-electron chi connectivity index (χ2n) is 6.96. The van der Waals surface area contributed by atoms with E-state index in [9.17, 15) is 13.2 Å². The van der Waals surface area contributed by atoms with Crippen molar-refractivity contribution in [3.05, 3.63) is 70.1 Å². The van der Waals surface area contributed by atoms with Gasteiger partial charge in [-0.25, -0.2) is 0 Å². The first kappa shape index (κ1) is 17.9. The monoisotopic (exact) mass is 364 g/mol. The Hall–Kier alpha value is -1.88. The van der Waals surface area contributed by atoms with Gasteiger partial charge in [-0.05, 0) is 40.4 Å². The average molecular weight is 364 g/mol. The molecule has 0 spiro atoms. The Morgan fingerprint density at radius 1 is 0.960 bits per heavy atom. The molecule has 0 amide bonds. The number of benzene rings is 2. The maximum absolute atomic E-state index is 13.0.